The van der Waals surface area contributed by atoms with Crippen molar-refractivity contribution in [2.24, 2.45) is 11.8 Å². The highest BCUT2D eigenvalue weighted by atomic mass is 32.2. The molecule has 2 heteroatoms. The number of hydrogen-bond acceptors (Lipinski definition) is 1. The second kappa shape index (κ2) is 12.1. The Morgan fingerprint density at radius 2 is 1.32 bits per heavy atom. The number of fused-ring (bicyclic) bond motifs is 1. The van der Waals surface area contributed by atoms with Crippen LogP contribution in [0.5, 0.6) is 0 Å². The van der Waals surface area contributed by atoms with Crippen molar-refractivity contribution in [3.8, 4) is 0 Å². The highest BCUT2D eigenvalue weighted by Gasteiger charge is 2.31. The molecule has 0 spiro atoms. The molecule has 2 rings (SSSR count). The van der Waals surface area contributed by atoms with Gasteiger partial charge < -0.3 is 0 Å². The second-order valence-electron chi connectivity index (χ2n) is 7.64. The van der Waals surface area contributed by atoms with Gasteiger partial charge in [0.2, 0.25) is 0 Å². The van der Waals surface area contributed by atoms with Gasteiger partial charge in [0.05, 0.1) is 0 Å². The SMILES string of the molecule is [S]CCCCCCCCCCSC1CCC2CCCCC2C1. The maximum atomic E-state index is 4.98. The van der Waals surface area contributed by atoms with Crippen LogP contribution in [0.2, 0.25) is 0 Å². The Bertz CT molecular complexity index is 266. The molecule has 0 aromatic heterocycles. The van der Waals surface area contributed by atoms with Crippen LogP contribution in [-0.4, -0.2) is 16.8 Å². The Morgan fingerprint density at radius 3 is 2.05 bits per heavy atom. The lowest BCUT2D eigenvalue weighted by Gasteiger charge is -2.39. The average Bonchev–Trinajstić information content (AvgIpc) is 2.56. The lowest BCUT2D eigenvalue weighted by molar-refractivity contribution is 0.175. The summed E-state index contributed by atoms with van der Waals surface area (Å²) in [5, 5.41) is 1.01. The fourth-order valence-electron chi connectivity index (χ4n) is 4.50. The standard InChI is InChI=1S/C20H37S2/c21-15-9-5-3-1-2-4-6-10-16-22-20-14-13-18-11-7-8-12-19(18)17-20/h18-20H,1-17H2. The van der Waals surface area contributed by atoms with Gasteiger partial charge in [-0.15, -0.1) is 0 Å². The highest BCUT2D eigenvalue weighted by molar-refractivity contribution is 7.99. The molecular weight excluding hydrogens is 304 g/mol. The molecule has 0 nitrogen and oxygen atoms in total. The summed E-state index contributed by atoms with van der Waals surface area (Å²) in [6.07, 6.45) is 22.1. The Kier molecular flexibility index (Phi) is 10.5. The van der Waals surface area contributed by atoms with Crippen molar-refractivity contribution in [2.45, 2.75) is 102 Å². The summed E-state index contributed by atoms with van der Waals surface area (Å²) < 4.78 is 0. The summed E-state index contributed by atoms with van der Waals surface area (Å²) in [5.41, 5.74) is 0. The molecule has 0 amide bonds. The normalized spacial score (nSPS) is 28.5. The summed E-state index contributed by atoms with van der Waals surface area (Å²) in [6.45, 7) is 0. The third-order valence-electron chi connectivity index (χ3n) is 5.88. The van der Waals surface area contributed by atoms with E-state index in [9.17, 15) is 0 Å². The van der Waals surface area contributed by atoms with Crippen LogP contribution in [0.3, 0.4) is 0 Å². The van der Waals surface area contributed by atoms with Crippen molar-refractivity contribution < 1.29 is 0 Å². The van der Waals surface area contributed by atoms with E-state index in [1.165, 1.54) is 76.4 Å². The van der Waals surface area contributed by atoms with Crippen LogP contribution < -0.4 is 0 Å². The van der Waals surface area contributed by atoms with Gasteiger partial charge in [-0.05, 0) is 49.7 Å². The van der Waals surface area contributed by atoms with Gasteiger partial charge in [-0.25, -0.2) is 0 Å². The number of unbranched alkanes of at least 4 members (excludes halogenated alkanes) is 7. The molecular formula is C20H37S2. The van der Waals surface area contributed by atoms with Gasteiger partial charge in [0, 0.05) is 11.0 Å². The first-order valence-corrected chi connectivity index (χ1v) is 11.7. The number of rotatable bonds is 11. The van der Waals surface area contributed by atoms with Crippen molar-refractivity contribution >= 4 is 24.4 Å². The molecule has 0 aromatic carbocycles. The van der Waals surface area contributed by atoms with Crippen molar-refractivity contribution in [3.63, 3.8) is 0 Å². The molecule has 3 atom stereocenters. The number of hydrogen-bond donors (Lipinski definition) is 0. The van der Waals surface area contributed by atoms with E-state index in [1.807, 2.05) is 0 Å². The third-order valence-corrected chi connectivity index (χ3v) is 7.60. The molecule has 3 unspecified atom stereocenters. The van der Waals surface area contributed by atoms with Crippen LogP contribution in [0.15, 0.2) is 0 Å². The van der Waals surface area contributed by atoms with E-state index in [0.29, 0.717) is 0 Å². The van der Waals surface area contributed by atoms with E-state index in [4.69, 9.17) is 12.6 Å². The van der Waals surface area contributed by atoms with Crippen LogP contribution in [0.1, 0.15) is 96.3 Å². The molecule has 2 fully saturated rings. The first kappa shape index (κ1) is 19.0. The molecule has 2 saturated carbocycles. The third kappa shape index (κ3) is 7.51. The minimum atomic E-state index is 0.958. The first-order valence-electron chi connectivity index (χ1n) is 10.1. The molecule has 0 aromatic rings. The van der Waals surface area contributed by atoms with E-state index in [-0.39, 0.29) is 0 Å². The van der Waals surface area contributed by atoms with Crippen molar-refractivity contribution in [3.05, 3.63) is 0 Å². The zero-order valence-corrected chi connectivity index (χ0v) is 16.2. The lowest BCUT2D eigenvalue weighted by Crippen LogP contribution is -2.29. The Hall–Kier alpha value is 0.700. The van der Waals surface area contributed by atoms with Crippen LogP contribution in [0.4, 0.5) is 0 Å². The topological polar surface area (TPSA) is 0 Å². The van der Waals surface area contributed by atoms with Gasteiger partial charge in [-0.1, -0.05) is 76.8 Å². The molecule has 0 bridgehead atoms. The van der Waals surface area contributed by atoms with Crippen molar-refractivity contribution in [2.75, 3.05) is 11.5 Å². The minimum absolute atomic E-state index is 0.958. The fraction of sp³-hybridized carbons (Fsp3) is 1.00. The van der Waals surface area contributed by atoms with Crippen LogP contribution >= 0.6 is 24.4 Å². The van der Waals surface area contributed by atoms with Gasteiger partial charge in [0.1, 0.15) is 0 Å². The van der Waals surface area contributed by atoms with E-state index in [1.54, 1.807) is 25.7 Å². The molecule has 0 aliphatic heterocycles. The Labute approximate surface area is 149 Å². The van der Waals surface area contributed by atoms with Gasteiger partial charge in [0.25, 0.3) is 0 Å². The molecule has 2 aliphatic rings. The summed E-state index contributed by atoms with van der Waals surface area (Å²) in [4.78, 5) is 0. The smallest absolute Gasteiger partial charge is 0.00498 e. The molecule has 2 aliphatic carbocycles. The van der Waals surface area contributed by atoms with E-state index in [2.05, 4.69) is 11.8 Å². The van der Waals surface area contributed by atoms with Crippen molar-refractivity contribution in [1.82, 2.24) is 0 Å². The van der Waals surface area contributed by atoms with Crippen LogP contribution in [-0.2, 0) is 0 Å². The predicted octanol–water partition coefficient (Wildman–Crippen LogP) is 7.40. The lowest BCUT2D eigenvalue weighted by atomic mass is 9.71. The van der Waals surface area contributed by atoms with E-state index >= 15 is 0 Å². The van der Waals surface area contributed by atoms with Crippen LogP contribution in [0.25, 0.3) is 0 Å². The molecule has 0 N–H and O–H groups in total. The second-order valence-corrected chi connectivity index (χ2v) is 9.46. The molecule has 1 radical (unpaired) electrons. The first-order chi connectivity index (χ1) is 10.9. The monoisotopic (exact) mass is 341 g/mol. The summed E-state index contributed by atoms with van der Waals surface area (Å²) in [5.74, 6) is 4.61. The van der Waals surface area contributed by atoms with E-state index in [0.717, 1.165) is 22.8 Å². The summed E-state index contributed by atoms with van der Waals surface area (Å²) >= 11 is 7.30. The predicted molar refractivity (Wildman–Crippen MR) is 105 cm³/mol. The largest absolute Gasteiger partial charge is 0.159 e. The van der Waals surface area contributed by atoms with Gasteiger partial charge in [0.15, 0.2) is 0 Å². The van der Waals surface area contributed by atoms with Gasteiger partial charge >= 0.3 is 0 Å². The quantitative estimate of drug-likeness (QED) is 0.353. The fourth-order valence-corrected chi connectivity index (χ4v) is 6.09. The molecule has 0 saturated heterocycles. The van der Waals surface area contributed by atoms with Crippen LogP contribution in [0, 0.1) is 11.8 Å². The van der Waals surface area contributed by atoms with Gasteiger partial charge in [-0.2, -0.15) is 11.8 Å². The van der Waals surface area contributed by atoms with Gasteiger partial charge in [-0.3, -0.25) is 0 Å². The number of thioether (sulfide) groups is 1. The van der Waals surface area contributed by atoms with Crippen molar-refractivity contribution in [1.29, 1.82) is 0 Å². The maximum absolute atomic E-state index is 4.98. The summed E-state index contributed by atoms with van der Waals surface area (Å²) in [7, 11) is 0. The zero-order chi connectivity index (χ0) is 15.5. The molecule has 129 valence electrons. The van der Waals surface area contributed by atoms with E-state index < -0.39 is 0 Å². The Morgan fingerprint density at radius 1 is 0.682 bits per heavy atom. The minimum Gasteiger partial charge on any atom is -0.159 e. The summed E-state index contributed by atoms with van der Waals surface area (Å²) in [6, 6.07) is 0. The molecule has 0 heterocycles. The Balaban J connectivity index is 1.39. The zero-order valence-electron chi connectivity index (χ0n) is 14.6. The highest BCUT2D eigenvalue weighted by Crippen LogP contribution is 2.43. The maximum Gasteiger partial charge on any atom is 0.00498 e. The molecule has 22 heavy (non-hydrogen) atoms. The average molecular weight is 342 g/mol.